The van der Waals surface area contributed by atoms with E-state index in [1.807, 2.05) is 26.0 Å². The summed E-state index contributed by atoms with van der Waals surface area (Å²) in [4.78, 5) is 28.8. The third kappa shape index (κ3) is 7.69. The molecule has 0 saturated heterocycles. The maximum atomic E-state index is 14.1. The van der Waals surface area contributed by atoms with Crippen LogP contribution in [0.25, 0.3) is 0 Å². The maximum absolute atomic E-state index is 14.1. The van der Waals surface area contributed by atoms with Crippen LogP contribution in [-0.4, -0.2) is 44.3 Å². The number of carbonyl (C=O) groups is 2. The number of nitrogens with one attached hydrogen (secondary N) is 1. The molecule has 214 valence electrons. The van der Waals surface area contributed by atoms with Gasteiger partial charge in [0, 0.05) is 13.1 Å². The molecule has 3 aromatic carbocycles. The molecule has 1 atom stereocenters. The standard InChI is InChI=1S/C31H38FN3O4S/c1-4-7-21-33-31(37)28(6-3)34(22-24-17-19-26(32)20-18-24)30(36)23-35(29-16-12-11-13-25(29)5-2)40(38,39)27-14-9-8-10-15-27/h8-20,28H,4-7,21-23H2,1-3H3,(H,33,37). The van der Waals surface area contributed by atoms with Crippen molar-refractivity contribution < 1.29 is 22.4 Å². The van der Waals surface area contributed by atoms with Crippen molar-refractivity contribution in [3.05, 3.63) is 95.8 Å². The summed E-state index contributed by atoms with van der Waals surface area (Å²) in [7, 11) is -4.13. The molecule has 2 amide bonds. The lowest BCUT2D eigenvalue weighted by atomic mass is 10.1. The van der Waals surface area contributed by atoms with Crippen molar-refractivity contribution in [1.29, 1.82) is 0 Å². The number of halogens is 1. The highest BCUT2D eigenvalue weighted by Crippen LogP contribution is 2.28. The number of aryl methyl sites for hydroxylation is 1. The molecule has 1 N–H and O–H groups in total. The Labute approximate surface area is 237 Å². The second-order valence-corrected chi connectivity index (χ2v) is 11.4. The minimum Gasteiger partial charge on any atom is -0.354 e. The van der Waals surface area contributed by atoms with Gasteiger partial charge >= 0.3 is 0 Å². The van der Waals surface area contributed by atoms with Crippen molar-refractivity contribution in [2.45, 2.75) is 63.9 Å². The van der Waals surface area contributed by atoms with Gasteiger partial charge in [0.1, 0.15) is 18.4 Å². The molecule has 3 rings (SSSR count). The Balaban J connectivity index is 2.05. The molecule has 0 bridgehead atoms. The molecule has 0 aromatic heterocycles. The van der Waals surface area contributed by atoms with Crippen LogP contribution in [0.15, 0.2) is 83.8 Å². The predicted molar refractivity (Wildman–Crippen MR) is 156 cm³/mol. The van der Waals surface area contributed by atoms with Crippen LogP contribution in [0.2, 0.25) is 0 Å². The van der Waals surface area contributed by atoms with E-state index in [-0.39, 0.29) is 17.3 Å². The summed E-state index contributed by atoms with van der Waals surface area (Å²) in [5, 5.41) is 2.90. The first kappa shape index (κ1) is 30.8. The molecule has 3 aromatic rings. The van der Waals surface area contributed by atoms with E-state index in [2.05, 4.69) is 5.32 Å². The summed E-state index contributed by atoms with van der Waals surface area (Å²) < 4.78 is 42.6. The fraction of sp³-hybridized carbons (Fsp3) is 0.355. The first-order valence-corrected chi connectivity index (χ1v) is 15.1. The molecule has 0 aliphatic rings. The van der Waals surface area contributed by atoms with Gasteiger partial charge in [0.2, 0.25) is 11.8 Å². The number of hydrogen-bond acceptors (Lipinski definition) is 4. The van der Waals surface area contributed by atoms with E-state index in [4.69, 9.17) is 0 Å². The van der Waals surface area contributed by atoms with Crippen LogP contribution in [0.3, 0.4) is 0 Å². The Bertz CT molecular complexity index is 1360. The van der Waals surface area contributed by atoms with E-state index in [1.54, 1.807) is 49.4 Å². The molecule has 0 radical (unpaired) electrons. The molecule has 0 aliphatic carbocycles. The van der Waals surface area contributed by atoms with Crippen molar-refractivity contribution in [3.8, 4) is 0 Å². The number of para-hydroxylation sites is 1. The van der Waals surface area contributed by atoms with E-state index in [9.17, 15) is 22.4 Å². The van der Waals surface area contributed by atoms with Gasteiger partial charge in [-0.2, -0.15) is 0 Å². The van der Waals surface area contributed by atoms with Gasteiger partial charge in [0.05, 0.1) is 10.6 Å². The molecule has 0 spiro atoms. The number of anilines is 1. The van der Waals surface area contributed by atoms with E-state index >= 15 is 0 Å². The third-order valence-electron chi connectivity index (χ3n) is 6.73. The molecule has 0 saturated carbocycles. The van der Waals surface area contributed by atoms with Crippen LogP contribution < -0.4 is 9.62 Å². The number of nitrogens with zero attached hydrogens (tertiary/aromatic N) is 2. The van der Waals surface area contributed by atoms with Crippen LogP contribution in [0, 0.1) is 5.82 Å². The highest BCUT2D eigenvalue weighted by atomic mass is 32.2. The highest BCUT2D eigenvalue weighted by Gasteiger charge is 2.34. The van der Waals surface area contributed by atoms with Gasteiger partial charge in [-0.05, 0) is 60.7 Å². The fourth-order valence-corrected chi connectivity index (χ4v) is 5.97. The first-order chi connectivity index (χ1) is 19.2. The zero-order valence-electron chi connectivity index (χ0n) is 23.3. The molecular formula is C31H38FN3O4S. The summed E-state index contributed by atoms with van der Waals surface area (Å²) in [5.74, 6) is -1.26. The zero-order chi connectivity index (χ0) is 29.1. The lowest BCUT2D eigenvalue weighted by Gasteiger charge is -2.33. The van der Waals surface area contributed by atoms with Gasteiger partial charge in [0.15, 0.2) is 0 Å². The third-order valence-corrected chi connectivity index (χ3v) is 8.51. The lowest BCUT2D eigenvalue weighted by molar-refractivity contribution is -0.140. The van der Waals surface area contributed by atoms with Crippen molar-refractivity contribution in [2.75, 3.05) is 17.4 Å². The van der Waals surface area contributed by atoms with Gasteiger partial charge < -0.3 is 10.2 Å². The van der Waals surface area contributed by atoms with Crippen LogP contribution in [0.1, 0.15) is 51.2 Å². The largest absolute Gasteiger partial charge is 0.354 e. The van der Waals surface area contributed by atoms with Gasteiger partial charge in [-0.25, -0.2) is 12.8 Å². The van der Waals surface area contributed by atoms with Crippen LogP contribution >= 0.6 is 0 Å². The maximum Gasteiger partial charge on any atom is 0.264 e. The summed E-state index contributed by atoms with van der Waals surface area (Å²) in [6.07, 6.45) is 2.58. The lowest BCUT2D eigenvalue weighted by Crippen LogP contribution is -2.52. The number of unbranched alkanes of at least 4 members (excludes halogenated alkanes) is 1. The van der Waals surface area contributed by atoms with Crippen LogP contribution in [0.5, 0.6) is 0 Å². The molecule has 1 unspecified atom stereocenters. The monoisotopic (exact) mass is 567 g/mol. The van der Waals surface area contributed by atoms with Gasteiger partial charge in [-0.3, -0.25) is 13.9 Å². The van der Waals surface area contributed by atoms with Crippen molar-refractivity contribution in [2.24, 2.45) is 0 Å². The molecule has 40 heavy (non-hydrogen) atoms. The van der Waals surface area contributed by atoms with E-state index in [0.717, 1.165) is 22.7 Å². The number of benzene rings is 3. The molecule has 0 heterocycles. The van der Waals surface area contributed by atoms with Gasteiger partial charge in [-0.1, -0.05) is 75.7 Å². The topological polar surface area (TPSA) is 86.8 Å². The van der Waals surface area contributed by atoms with E-state index in [1.165, 1.54) is 29.2 Å². The SMILES string of the molecule is CCCCNC(=O)C(CC)N(Cc1ccc(F)cc1)C(=O)CN(c1ccccc1CC)S(=O)(=O)c1ccccc1. The number of carbonyl (C=O) groups excluding carboxylic acids is 2. The van der Waals surface area contributed by atoms with E-state index in [0.29, 0.717) is 30.6 Å². The number of sulfonamides is 1. The minimum atomic E-state index is -4.13. The van der Waals surface area contributed by atoms with Crippen molar-refractivity contribution in [1.82, 2.24) is 10.2 Å². The summed E-state index contributed by atoms with van der Waals surface area (Å²) in [6, 6.07) is 19.9. The highest BCUT2D eigenvalue weighted by molar-refractivity contribution is 7.92. The second-order valence-electron chi connectivity index (χ2n) is 9.52. The summed E-state index contributed by atoms with van der Waals surface area (Å²) in [6.45, 7) is 5.73. The predicted octanol–water partition coefficient (Wildman–Crippen LogP) is 5.31. The van der Waals surface area contributed by atoms with Crippen molar-refractivity contribution >= 4 is 27.5 Å². The first-order valence-electron chi connectivity index (χ1n) is 13.7. The quantitative estimate of drug-likeness (QED) is 0.268. The van der Waals surface area contributed by atoms with Crippen molar-refractivity contribution in [3.63, 3.8) is 0 Å². The Morgan fingerprint density at radius 2 is 1.55 bits per heavy atom. The Kier molecular flexibility index (Phi) is 11.3. The van der Waals surface area contributed by atoms with Crippen LogP contribution in [0.4, 0.5) is 10.1 Å². The Hall–Kier alpha value is -3.72. The zero-order valence-corrected chi connectivity index (χ0v) is 24.2. The molecular weight excluding hydrogens is 529 g/mol. The van der Waals surface area contributed by atoms with Gasteiger partial charge in [0.25, 0.3) is 10.0 Å². The summed E-state index contributed by atoms with van der Waals surface area (Å²) in [5.41, 5.74) is 1.80. The Morgan fingerprint density at radius 3 is 2.17 bits per heavy atom. The molecule has 0 aliphatic heterocycles. The number of hydrogen-bond donors (Lipinski definition) is 1. The second kappa shape index (κ2) is 14.6. The number of amides is 2. The number of rotatable bonds is 14. The molecule has 9 heteroatoms. The minimum absolute atomic E-state index is 0.0213. The van der Waals surface area contributed by atoms with Gasteiger partial charge in [-0.15, -0.1) is 0 Å². The van der Waals surface area contributed by atoms with E-state index < -0.39 is 34.3 Å². The fourth-order valence-electron chi connectivity index (χ4n) is 4.50. The molecule has 7 nitrogen and oxygen atoms in total. The normalized spacial score (nSPS) is 12.0. The Morgan fingerprint density at radius 1 is 0.900 bits per heavy atom. The summed E-state index contributed by atoms with van der Waals surface area (Å²) >= 11 is 0. The molecule has 0 fully saturated rings. The van der Waals surface area contributed by atoms with Crippen LogP contribution in [-0.2, 0) is 32.6 Å². The average Bonchev–Trinajstić information content (AvgIpc) is 2.97. The smallest absolute Gasteiger partial charge is 0.264 e. The average molecular weight is 568 g/mol.